The third-order valence-electron chi connectivity index (χ3n) is 3.32. The number of carbonyl (C=O) groups is 2. The van der Waals surface area contributed by atoms with E-state index in [1.807, 2.05) is 45.0 Å². The molecule has 0 spiro atoms. The summed E-state index contributed by atoms with van der Waals surface area (Å²) in [6.07, 6.45) is 0. The van der Waals surface area contributed by atoms with Gasteiger partial charge in [-0.15, -0.1) is 0 Å². The van der Waals surface area contributed by atoms with Crippen LogP contribution in [-0.4, -0.2) is 49.1 Å². The lowest BCUT2D eigenvalue weighted by atomic mass is 10.1. The van der Waals surface area contributed by atoms with E-state index < -0.39 is 0 Å². The van der Waals surface area contributed by atoms with Gasteiger partial charge in [0.05, 0.1) is 12.8 Å². The molecule has 0 aromatic heterocycles. The summed E-state index contributed by atoms with van der Waals surface area (Å²) in [7, 11) is 1.58. The summed E-state index contributed by atoms with van der Waals surface area (Å²) in [5, 5.41) is 2.87. The molecule has 2 rings (SSSR count). The van der Waals surface area contributed by atoms with E-state index in [-0.39, 0.29) is 24.0 Å². The van der Waals surface area contributed by atoms with Gasteiger partial charge in [0.15, 0.2) is 0 Å². The number of hydrogen-bond donors (Lipinski definition) is 1. The van der Waals surface area contributed by atoms with Gasteiger partial charge in [0.2, 0.25) is 5.91 Å². The molecule has 0 bridgehead atoms. The summed E-state index contributed by atoms with van der Waals surface area (Å²) >= 11 is 0. The van der Waals surface area contributed by atoms with Crippen LogP contribution in [0.3, 0.4) is 0 Å². The Kier molecular flexibility index (Phi) is 4.59. The number of ether oxygens (including phenoxy) is 1. The molecule has 0 aliphatic carbocycles. The first-order valence-corrected chi connectivity index (χ1v) is 7.32. The highest BCUT2D eigenvalue weighted by Gasteiger charge is 2.32. The maximum absolute atomic E-state index is 12.5. The number of carbonyl (C=O) groups excluding carboxylic acids is 2. The second kappa shape index (κ2) is 6.25. The molecule has 3 amide bonds. The Morgan fingerprint density at radius 1 is 1.27 bits per heavy atom. The maximum atomic E-state index is 12.5. The van der Waals surface area contributed by atoms with Crippen molar-refractivity contribution in [2.45, 2.75) is 26.3 Å². The molecule has 120 valence electrons. The predicted octanol–water partition coefficient (Wildman–Crippen LogP) is 1.85. The number of rotatable bonds is 4. The molecule has 6 nitrogen and oxygen atoms in total. The van der Waals surface area contributed by atoms with Crippen LogP contribution in [0.5, 0.6) is 5.75 Å². The van der Waals surface area contributed by atoms with Gasteiger partial charge in [-0.05, 0) is 32.9 Å². The number of hydrogen-bond acceptors (Lipinski definition) is 3. The first-order chi connectivity index (χ1) is 10.3. The number of anilines is 1. The number of amides is 3. The van der Waals surface area contributed by atoms with Gasteiger partial charge in [0, 0.05) is 18.6 Å². The third kappa shape index (κ3) is 3.69. The van der Waals surface area contributed by atoms with Crippen LogP contribution in [0.2, 0.25) is 0 Å². The van der Waals surface area contributed by atoms with E-state index in [0.717, 1.165) is 5.69 Å². The van der Waals surface area contributed by atoms with Crippen LogP contribution in [0.4, 0.5) is 10.5 Å². The van der Waals surface area contributed by atoms with Crippen molar-refractivity contribution in [1.82, 2.24) is 10.2 Å². The Morgan fingerprint density at radius 3 is 2.59 bits per heavy atom. The second-order valence-electron chi connectivity index (χ2n) is 6.33. The maximum Gasteiger partial charge on any atom is 0.325 e. The summed E-state index contributed by atoms with van der Waals surface area (Å²) in [6.45, 7) is 6.88. The highest BCUT2D eigenvalue weighted by atomic mass is 16.5. The van der Waals surface area contributed by atoms with E-state index in [1.165, 1.54) is 0 Å². The molecule has 0 saturated carbocycles. The zero-order valence-electron chi connectivity index (χ0n) is 13.5. The Hall–Kier alpha value is -2.24. The zero-order valence-corrected chi connectivity index (χ0v) is 13.5. The van der Waals surface area contributed by atoms with Crippen molar-refractivity contribution in [3.8, 4) is 5.75 Å². The fourth-order valence-corrected chi connectivity index (χ4v) is 2.44. The summed E-state index contributed by atoms with van der Waals surface area (Å²) in [4.78, 5) is 27.7. The lowest BCUT2D eigenvalue weighted by Gasteiger charge is -2.23. The van der Waals surface area contributed by atoms with E-state index >= 15 is 0 Å². The molecule has 1 aromatic carbocycles. The van der Waals surface area contributed by atoms with Gasteiger partial charge in [-0.3, -0.25) is 9.69 Å². The summed E-state index contributed by atoms with van der Waals surface area (Å²) in [6, 6.07) is 7.21. The molecule has 1 aliphatic heterocycles. The molecule has 1 heterocycles. The van der Waals surface area contributed by atoms with Gasteiger partial charge in [0.1, 0.15) is 12.3 Å². The molecular weight excluding hydrogens is 282 g/mol. The monoisotopic (exact) mass is 305 g/mol. The molecule has 1 aromatic rings. The first-order valence-electron chi connectivity index (χ1n) is 7.32. The van der Waals surface area contributed by atoms with Crippen molar-refractivity contribution in [3.63, 3.8) is 0 Å². The number of nitrogens with zero attached hydrogens (tertiary/aromatic N) is 2. The van der Waals surface area contributed by atoms with E-state index in [4.69, 9.17) is 4.74 Å². The number of benzene rings is 1. The topological polar surface area (TPSA) is 61.9 Å². The smallest absolute Gasteiger partial charge is 0.325 e. The highest BCUT2D eigenvalue weighted by molar-refractivity contribution is 5.97. The fourth-order valence-electron chi connectivity index (χ4n) is 2.44. The number of para-hydroxylation sites is 2. The Balaban J connectivity index is 2.05. The molecule has 0 radical (unpaired) electrons. The average molecular weight is 305 g/mol. The lowest BCUT2D eigenvalue weighted by Crippen LogP contribution is -2.46. The number of urea groups is 1. The van der Waals surface area contributed by atoms with Crippen molar-refractivity contribution in [3.05, 3.63) is 24.3 Å². The zero-order chi connectivity index (χ0) is 16.3. The molecular formula is C16H23N3O3. The van der Waals surface area contributed by atoms with Crippen molar-refractivity contribution < 1.29 is 14.3 Å². The van der Waals surface area contributed by atoms with Crippen LogP contribution >= 0.6 is 0 Å². The summed E-state index contributed by atoms with van der Waals surface area (Å²) in [5.41, 5.74) is 0.427. The largest absolute Gasteiger partial charge is 0.495 e. The van der Waals surface area contributed by atoms with Gasteiger partial charge in [-0.25, -0.2) is 4.79 Å². The molecule has 22 heavy (non-hydrogen) atoms. The lowest BCUT2D eigenvalue weighted by molar-refractivity contribution is -0.122. The van der Waals surface area contributed by atoms with Gasteiger partial charge in [0.25, 0.3) is 0 Å². The third-order valence-corrected chi connectivity index (χ3v) is 3.32. The van der Waals surface area contributed by atoms with Crippen LogP contribution in [0.1, 0.15) is 20.8 Å². The van der Waals surface area contributed by atoms with Crippen molar-refractivity contribution in [2.24, 2.45) is 0 Å². The molecule has 1 fully saturated rings. The Morgan fingerprint density at radius 2 is 1.95 bits per heavy atom. The minimum atomic E-state index is -0.303. The van der Waals surface area contributed by atoms with Crippen molar-refractivity contribution in [2.75, 3.05) is 31.6 Å². The SMILES string of the molecule is COc1ccccc1N1CCN(CC(=O)NC(C)(C)C)C1=O. The van der Waals surface area contributed by atoms with Gasteiger partial charge < -0.3 is 15.0 Å². The van der Waals surface area contributed by atoms with Gasteiger partial charge in [-0.2, -0.15) is 0 Å². The molecule has 1 N–H and O–H groups in total. The number of nitrogens with one attached hydrogen (secondary N) is 1. The summed E-state index contributed by atoms with van der Waals surface area (Å²) in [5.74, 6) is 0.500. The van der Waals surface area contributed by atoms with E-state index in [2.05, 4.69) is 5.32 Å². The quantitative estimate of drug-likeness (QED) is 0.923. The average Bonchev–Trinajstić information content (AvgIpc) is 2.78. The summed E-state index contributed by atoms with van der Waals surface area (Å²) < 4.78 is 5.30. The van der Waals surface area contributed by atoms with Crippen molar-refractivity contribution >= 4 is 17.6 Å². The van der Waals surface area contributed by atoms with Gasteiger partial charge in [-0.1, -0.05) is 12.1 Å². The van der Waals surface area contributed by atoms with Crippen LogP contribution in [0.25, 0.3) is 0 Å². The molecule has 6 heteroatoms. The minimum Gasteiger partial charge on any atom is -0.495 e. The second-order valence-corrected chi connectivity index (χ2v) is 6.33. The normalized spacial score (nSPS) is 15.2. The van der Waals surface area contributed by atoms with Crippen LogP contribution in [-0.2, 0) is 4.79 Å². The van der Waals surface area contributed by atoms with E-state index in [0.29, 0.717) is 18.8 Å². The van der Waals surface area contributed by atoms with Crippen LogP contribution in [0, 0.1) is 0 Å². The van der Waals surface area contributed by atoms with Gasteiger partial charge >= 0.3 is 6.03 Å². The molecule has 0 atom stereocenters. The fraction of sp³-hybridized carbons (Fsp3) is 0.500. The molecule has 0 unspecified atom stereocenters. The Labute approximate surface area is 131 Å². The van der Waals surface area contributed by atoms with Crippen LogP contribution in [0.15, 0.2) is 24.3 Å². The van der Waals surface area contributed by atoms with Crippen molar-refractivity contribution in [1.29, 1.82) is 0 Å². The molecule has 1 aliphatic rings. The standard InChI is InChI=1S/C16H23N3O3/c1-16(2,3)17-14(20)11-18-9-10-19(15(18)21)12-7-5-6-8-13(12)22-4/h5-8H,9-11H2,1-4H3,(H,17,20). The van der Waals surface area contributed by atoms with Crippen LogP contribution < -0.4 is 15.0 Å². The van der Waals surface area contributed by atoms with E-state index in [9.17, 15) is 9.59 Å². The number of methoxy groups -OCH3 is 1. The highest BCUT2D eigenvalue weighted by Crippen LogP contribution is 2.30. The Bertz CT molecular complexity index is 566. The van der Waals surface area contributed by atoms with E-state index in [1.54, 1.807) is 16.9 Å². The minimum absolute atomic E-state index is 0.0712. The predicted molar refractivity (Wildman–Crippen MR) is 85.2 cm³/mol. The molecule has 1 saturated heterocycles. The first kappa shape index (κ1) is 16.1.